The average molecular weight is 470 g/mol. The first-order valence-corrected chi connectivity index (χ1v) is 13.0. The number of fused-ring (bicyclic) bond motifs is 1. The van der Waals surface area contributed by atoms with Crippen molar-refractivity contribution >= 4 is 23.2 Å². The van der Waals surface area contributed by atoms with Gasteiger partial charge in [-0.1, -0.05) is 25.0 Å². The lowest BCUT2D eigenvalue weighted by molar-refractivity contribution is -0.145. The van der Waals surface area contributed by atoms with Crippen molar-refractivity contribution in [2.24, 2.45) is 5.92 Å². The quantitative estimate of drug-likeness (QED) is 0.678. The summed E-state index contributed by atoms with van der Waals surface area (Å²) < 4.78 is 14.0. The monoisotopic (exact) mass is 469 g/mol. The molecule has 7 heteroatoms. The summed E-state index contributed by atoms with van der Waals surface area (Å²) >= 11 is 1.74. The number of piperazine rings is 1. The first-order valence-electron chi connectivity index (χ1n) is 12.2. The van der Waals surface area contributed by atoms with Gasteiger partial charge in [0.25, 0.3) is 0 Å². The molecule has 1 aliphatic carbocycles. The Morgan fingerprint density at radius 2 is 1.94 bits per heavy atom. The molecule has 0 spiro atoms. The first-order chi connectivity index (χ1) is 16.0. The highest BCUT2D eigenvalue weighted by atomic mass is 32.1. The lowest BCUT2D eigenvalue weighted by Gasteiger charge is -2.42. The van der Waals surface area contributed by atoms with Crippen molar-refractivity contribution in [1.82, 2.24) is 14.7 Å². The fraction of sp³-hybridized carbons (Fsp3) is 0.538. The minimum atomic E-state index is -0.252. The third kappa shape index (κ3) is 4.58. The molecule has 2 fully saturated rings. The molecule has 1 saturated carbocycles. The number of benzene rings is 1. The van der Waals surface area contributed by atoms with Crippen LogP contribution in [0.4, 0.5) is 4.39 Å². The topological polar surface area (TPSA) is 43.9 Å². The van der Waals surface area contributed by atoms with Gasteiger partial charge in [0.05, 0.1) is 12.6 Å². The van der Waals surface area contributed by atoms with Crippen molar-refractivity contribution in [1.29, 1.82) is 0 Å². The van der Waals surface area contributed by atoms with Gasteiger partial charge in [-0.3, -0.25) is 14.5 Å². The highest BCUT2D eigenvalue weighted by Gasteiger charge is 2.36. The van der Waals surface area contributed by atoms with Crippen LogP contribution in [0.25, 0.3) is 0 Å². The maximum absolute atomic E-state index is 14.0. The maximum Gasteiger partial charge on any atom is 0.236 e. The minimum absolute atomic E-state index is 0.0413. The van der Waals surface area contributed by atoms with E-state index in [4.69, 9.17) is 0 Å². The Hall–Kier alpha value is -2.25. The van der Waals surface area contributed by atoms with Crippen LogP contribution in [0.2, 0.25) is 0 Å². The minimum Gasteiger partial charge on any atom is -0.338 e. The van der Waals surface area contributed by atoms with Crippen LogP contribution in [0.15, 0.2) is 35.7 Å². The fourth-order valence-corrected chi connectivity index (χ4v) is 6.70. The zero-order valence-electron chi connectivity index (χ0n) is 19.2. The van der Waals surface area contributed by atoms with Crippen molar-refractivity contribution in [3.63, 3.8) is 0 Å². The van der Waals surface area contributed by atoms with Crippen LogP contribution in [0.5, 0.6) is 0 Å². The van der Waals surface area contributed by atoms with E-state index >= 15 is 0 Å². The van der Waals surface area contributed by atoms with Crippen molar-refractivity contribution in [2.45, 2.75) is 51.1 Å². The van der Waals surface area contributed by atoms with E-state index in [9.17, 15) is 14.0 Å². The molecule has 5 rings (SSSR count). The van der Waals surface area contributed by atoms with E-state index in [-0.39, 0.29) is 35.6 Å². The van der Waals surface area contributed by atoms with Crippen LogP contribution < -0.4 is 0 Å². The lowest BCUT2D eigenvalue weighted by atomic mass is 9.93. The summed E-state index contributed by atoms with van der Waals surface area (Å²) in [5, 5.41) is 2.09. The average Bonchev–Trinajstić information content (AvgIpc) is 3.50. The zero-order valence-corrected chi connectivity index (χ0v) is 20.0. The molecule has 1 aromatic carbocycles. The molecule has 0 bridgehead atoms. The van der Waals surface area contributed by atoms with Gasteiger partial charge in [-0.2, -0.15) is 0 Å². The molecule has 2 aromatic rings. The highest BCUT2D eigenvalue weighted by Crippen LogP contribution is 2.38. The Bertz CT molecular complexity index is 1020. The largest absolute Gasteiger partial charge is 0.338 e. The molecule has 5 nitrogen and oxygen atoms in total. The smallest absolute Gasteiger partial charge is 0.236 e. The van der Waals surface area contributed by atoms with Gasteiger partial charge in [-0.25, -0.2) is 4.39 Å². The molecule has 2 atom stereocenters. The summed E-state index contributed by atoms with van der Waals surface area (Å²) in [5.41, 5.74) is 2.08. The third-order valence-corrected chi connectivity index (χ3v) is 8.53. The van der Waals surface area contributed by atoms with E-state index in [1.165, 1.54) is 16.5 Å². The second-order valence-corrected chi connectivity index (χ2v) is 10.7. The van der Waals surface area contributed by atoms with E-state index in [1.54, 1.807) is 23.5 Å². The van der Waals surface area contributed by atoms with E-state index in [2.05, 4.69) is 23.3 Å². The predicted octanol–water partition coefficient (Wildman–Crippen LogP) is 4.08. The van der Waals surface area contributed by atoms with Gasteiger partial charge in [0.15, 0.2) is 0 Å². The summed E-state index contributed by atoms with van der Waals surface area (Å²) in [7, 11) is 0. The molecule has 2 amide bonds. The number of amides is 2. The molecular weight excluding hydrogens is 437 g/mol. The number of halogens is 1. The van der Waals surface area contributed by atoms with E-state index in [1.807, 2.05) is 15.9 Å². The molecule has 176 valence electrons. The SMILES string of the molecule is C[C@@H]1CN(C(=O)CN2CCc3sccc3[C@@H]2c2cccc(F)c2)CCN1C(=O)C1CCCC1. The van der Waals surface area contributed by atoms with E-state index < -0.39 is 0 Å². The van der Waals surface area contributed by atoms with Crippen LogP contribution in [-0.4, -0.2) is 65.3 Å². The normalized spacial score (nSPS) is 24.2. The van der Waals surface area contributed by atoms with Crippen LogP contribution in [0.1, 0.15) is 54.7 Å². The summed E-state index contributed by atoms with van der Waals surface area (Å²) in [4.78, 5) is 33.7. The van der Waals surface area contributed by atoms with Crippen LogP contribution >= 0.6 is 11.3 Å². The molecule has 1 aromatic heterocycles. The Morgan fingerprint density at radius 3 is 2.70 bits per heavy atom. The summed E-state index contributed by atoms with van der Waals surface area (Å²) in [6, 6.07) is 8.79. The zero-order chi connectivity index (χ0) is 22.9. The van der Waals surface area contributed by atoms with Gasteiger partial charge in [0.1, 0.15) is 5.82 Å². The van der Waals surface area contributed by atoms with Gasteiger partial charge in [-0.15, -0.1) is 11.3 Å². The van der Waals surface area contributed by atoms with Crippen LogP contribution in [0, 0.1) is 11.7 Å². The second-order valence-electron chi connectivity index (χ2n) is 9.68. The van der Waals surface area contributed by atoms with Crippen molar-refractivity contribution in [3.05, 3.63) is 57.5 Å². The van der Waals surface area contributed by atoms with Gasteiger partial charge >= 0.3 is 0 Å². The summed E-state index contributed by atoms with van der Waals surface area (Å²) in [5.74, 6) is 0.294. The standard InChI is InChI=1S/C26H32FN3O2S/c1-18-16-28(12-13-30(18)26(32)19-5-2-3-6-19)24(31)17-29-11-9-23-22(10-14-33-23)25(29)20-7-4-8-21(27)15-20/h4,7-8,10,14-15,18-19,25H,2-3,5-6,9,11-13,16-17H2,1H3/t18-,25+/m1/s1. The van der Waals surface area contributed by atoms with Crippen molar-refractivity contribution < 1.29 is 14.0 Å². The molecule has 3 heterocycles. The van der Waals surface area contributed by atoms with Crippen LogP contribution in [-0.2, 0) is 16.0 Å². The Balaban J connectivity index is 1.27. The van der Waals surface area contributed by atoms with Gasteiger partial charge in [-0.05, 0) is 60.9 Å². The summed E-state index contributed by atoms with van der Waals surface area (Å²) in [6.07, 6.45) is 5.22. The van der Waals surface area contributed by atoms with Gasteiger partial charge < -0.3 is 9.80 Å². The highest BCUT2D eigenvalue weighted by molar-refractivity contribution is 7.10. The molecule has 3 aliphatic rings. The fourth-order valence-electron chi connectivity index (χ4n) is 5.80. The Labute approximate surface area is 199 Å². The number of hydrogen-bond donors (Lipinski definition) is 0. The Kier molecular flexibility index (Phi) is 6.52. The molecule has 1 saturated heterocycles. The van der Waals surface area contributed by atoms with Gasteiger partial charge in [0.2, 0.25) is 11.8 Å². The molecule has 2 aliphatic heterocycles. The van der Waals surface area contributed by atoms with Crippen LogP contribution in [0.3, 0.4) is 0 Å². The third-order valence-electron chi connectivity index (χ3n) is 7.54. The number of hydrogen-bond acceptors (Lipinski definition) is 4. The number of rotatable bonds is 4. The molecule has 0 unspecified atom stereocenters. The second kappa shape index (κ2) is 9.55. The maximum atomic E-state index is 14.0. The van der Waals surface area contributed by atoms with Crippen molar-refractivity contribution in [3.8, 4) is 0 Å². The molecule has 0 N–H and O–H groups in total. The number of nitrogens with zero attached hydrogens (tertiary/aromatic N) is 3. The number of carbonyl (C=O) groups is 2. The number of carbonyl (C=O) groups excluding carboxylic acids is 2. The molecular formula is C26H32FN3O2S. The summed E-state index contributed by atoms with van der Waals surface area (Å²) in [6.45, 7) is 4.92. The van der Waals surface area contributed by atoms with Crippen molar-refractivity contribution in [2.75, 3.05) is 32.7 Å². The molecule has 0 radical (unpaired) electrons. The van der Waals surface area contributed by atoms with Gasteiger partial charge in [0, 0.05) is 43.0 Å². The molecule has 33 heavy (non-hydrogen) atoms. The number of thiophene rings is 1. The van der Waals surface area contributed by atoms with E-state index in [0.29, 0.717) is 26.2 Å². The lowest BCUT2D eigenvalue weighted by Crippen LogP contribution is -2.58. The Morgan fingerprint density at radius 1 is 1.12 bits per heavy atom. The predicted molar refractivity (Wildman–Crippen MR) is 128 cm³/mol. The van der Waals surface area contributed by atoms with E-state index in [0.717, 1.165) is 44.2 Å². The first kappa shape index (κ1) is 22.5.